The van der Waals surface area contributed by atoms with Gasteiger partial charge in [0.2, 0.25) is 0 Å². The molecule has 2 rings (SSSR count). The van der Waals surface area contributed by atoms with E-state index < -0.39 is 0 Å². The molecular weight excluding hydrogens is 242 g/mol. The number of nitrogens with two attached hydrogens (primary N) is 1. The molecule has 0 unspecified atom stereocenters. The number of aryl methyl sites for hydroxylation is 1. The molecule has 0 radical (unpaired) electrons. The van der Waals surface area contributed by atoms with Gasteiger partial charge in [-0.15, -0.1) is 0 Å². The zero-order valence-corrected chi connectivity index (χ0v) is 11.3. The number of rotatable bonds is 4. The Kier molecular flexibility index (Phi) is 4.74. The van der Waals surface area contributed by atoms with Gasteiger partial charge in [0.15, 0.2) is 0 Å². The molecule has 19 heavy (non-hydrogen) atoms. The number of ether oxygens (including phenoxy) is 1. The van der Waals surface area contributed by atoms with Crippen molar-refractivity contribution in [3.05, 3.63) is 23.4 Å². The van der Waals surface area contributed by atoms with E-state index in [0.29, 0.717) is 23.8 Å². The van der Waals surface area contributed by atoms with Gasteiger partial charge in [-0.2, -0.15) is 0 Å². The van der Waals surface area contributed by atoms with Gasteiger partial charge in [-0.1, -0.05) is 6.92 Å². The molecule has 5 heteroatoms. The quantitative estimate of drug-likeness (QED) is 0.860. The van der Waals surface area contributed by atoms with Crippen molar-refractivity contribution in [2.24, 2.45) is 5.92 Å². The van der Waals surface area contributed by atoms with Gasteiger partial charge < -0.3 is 15.8 Å². The van der Waals surface area contributed by atoms with Crippen LogP contribution in [0.15, 0.2) is 12.1 Å². The summed E-state index contributed by atoms with van der Waals surface area (Å²) in [6.45, 7) is 4.28. The minimum atomic E-state index is -0.0738. The summed E-state index contributed by atoms with van der Waals surface area (Å²) in [5.41, 5.74) is 7.14. The van der Waals surface area contributed by atoms with E-state index in [1.54, 1.807) is 12.1 Å². The maximum atomic E-state index is 12.1. The molecule has 0 spiro atoms. The monoisotopic (exact) mass is 263 g/mol. The normalized spacial score (nSPS) is 16.3. The Morgan fingerprint density at radius 3 is 2.89 bits per heavy atom. The van der Waals surface area contributed by atoms with Crippen molar-refractivity contribution < 1.29 is 9.53 Å². The van der Waals surface area contributed by atoms with Crippen LogP contribution in [0.4, 0.5) is 5.82 Å². The molecule has 0 aromatic carbocycles. The van der Waals surface area contributed by atoms with Crippen LogP contribution in [0.25, 0.3) is 0 Å². The summed E-state index contributed by atoms with van der Waals surface area (Å²) in [5, 5.41) is 2.97. The average molecular weight is 263 g/mol. The van der Waals surface area contributed by atoms with E-state index in [2.05, 4.69) is 10.3 Å². The highest BCUT2D eigenvalue weighted by atomic mass is 16.5. The molecule has 3 N–H and O–H groups in total. The van der Waals surface area contributed by atoms with E-state index >= 15 is 0 Å². The summed E-state index contributed by atoms with van der Waals surface area (Å²) < 4.78 is 5.30. The summed E-state index contributed by atoms with van der Waals surface area (Å²) in [6, 6.07) is 3.42. The summed E-state index contributed by atoms with van der Waals surface area (Å²) in [6.07, 6.45) is 2.79. The molecule has 1 aromatic heterocycles. The fourth-order valence-electron chi connectivity index (χ4n) is 2.21. The van der Waals surface area contributed by atoms with Gasteiger partial charge in [0.25, 0.3) is 5.91 Å². The molecule has 0 atom stereocenters. The van der Waals surface area contributed by atoms with E-state index in [1.807, 2.05) is 6.92 Å². The molecule has 0 saturated carbocycles. The number of aromatic nitrogens is 1. The first kappa shape index (κ1) is 13.8. The molecular formula is C14H21N3O2. The third kappa shape index (κ3) is 3.92. The van der Waals surface area contributed by atoms with Crippen LogP contribution in [0.1, 0.15) is 35.8 Å². The molecule has 2 heterocycles. The fraction of sp³-hybridized carbons (Fsp3) is 0.571. The van der Waals surface area contributed by atoms with E-state index in [1.165, 1.54) is 0 Å². The number of carbonyl (C=O) groups excluding carboxylic acids is 1. The number of hydrogen-bond donors (Lipinski definition) is 2. The lowest BCUT2D eigenvalue weighted by Gasteiger charge is -2.22. The van der Waals surface area contributed by atoms with Crippen LogP contribution in [-0.2, 0) is 11.2 Å². The van der Waals surface area contributed by atoms with Crippen molar-refractivity contribution in [3.63, 3.8) is 0 Å². The van der Waals surface area contributed by atoms with Crippen molar-refractivity contribution in [2.45, 2.75) is 26.2 Å². The Bertz CT molecular complexity index is 442. The van der Waals surface area contributed by atoms with Gasteiger partial charge in [0, 0.05) is 31.0 Å². The first-order chi connectivity index (χ1) is 9.19. The molecule has 1 aliphatic rings. The van der Waals surface area contributed by atoms with Crippen LogP contribution >= 0.6 is 0 Å². The standard InChI is InChI=1S/C14H21N3O2/c1-2-12-7-11(8-13(15)17-12)14(18)16-9-10-3-5-19-6-4-10/h7-8,10H,2-6,9H2,1H3,(H2,15,17)(H,16,18). The van der Waals surface area contributed by atoms with Crippen LogP contribution in [0.5, 0.6) is 0 Å². The second-order valence-corrected chi connectivity index (χ2v) is 4.89. The number of amides is 1. The maximum Gasteiger partial charge on any atom is 0.251 e. The van der Waals surface area contributed by atoms with Crippen molar-refractivity contribution in [3.8, 4) is 0 Å². The summed E-state index contributed by atoms with van der Waals surface area (Å²) in [5.74, 6) is 0.841. The molecule has 1 fully saturated rings. The second-order valence-electron chi connectivity index (χ2n) is 4.89. The Hall–Kier alpha value is -1.62. The van der Waals surface area contributed by atoms with Crippen molar-refractivity contribution >= 4 is 11.7 Å². The zero-order valence-electron chi connectivity index (χ0n) is 11.3. The third-order valence-electron chi connectivity index (χ3n) is 3.41. The topological polar surface area (TPSA) is 77.2 Å². The molecule has 1 aromatic rings. The molecule has 104 valence electrons. The molecule has 5 nitrogen and oxygen atoms in total. The number of anilines is 1. The minimum Gasteiger partial charge on any atom is -0.384 e. The highest BCUT2D eigenvalue weighted by Gasteiger charge is 2.15. The average Bonchev–Trinajstić information content (AvgIpc) is 2.45. The molecule has 0 bridgehead atoms. The Morgan fingerprint density at radius 2 is 2.21 bits per heavy atom. The number of carbonyl (C=O) groups is 1. The smallest absolute Gasteiger partial charge is 0.251 e. The molecule has 0 aliphatic carbocycles. The first-order valence-corrected chi connectivity index (χ1v) is 6.81. The van der Waals surface area contributed by atoms with Crippen molar-refractivity contribution in [1.82, 2.24) is 10.3 Å². The van der Waals surface area contributed by atoms with Gasteiger partial charge in [0.1, 0.15) is 5.82 Å². The number of nitrogens with zero attached hydrogens (tertiary/aromatic N) is 1. The summed E-state index contributed by atoms with van der Waals surface area (Å²) in [7, 11) is 0. The highest BCUT2D eigenvalue weighted by Crippen LogP contribution is 2.14. The molecule has 1 amide bonds. The van der Waals surface area contributed by atoms with E-state index in [4.69, 9.17) is 10.5 Å². The summed E-state index contributed by atoms with van der Waals surface area (Å²) in [4.78, 5) is 16.2. The SMILES string of the molecule is CCc1cc(C(=O)NCC2CCOCC2)cc(N)n1. The lowest BCUT2D eigenvalue weighted by atomic mass is 10.0. The molecule has 1 aliphatic heterocycles. The number of pyridine rings is 1. The van der Waals surface area contributed by atoms with Crippen LogP contribution in [-0.4, -0.2) is 30.6 Å². The highest BCUT2D eigenvalue weighted by molar-refractivity contribution is 5.94. The lowest BCUT2D eigenvalue weighted by Crippen LogP contribution is -2.32. The number of nitrogens with one attached hydrogen (secondary N) is 1. The van der Waals surface area contributed by atoms with Crippen molar-refractivity contribution in [1.29, 1.82) is 0 Å². The van der Waals surface area contributed by atoms with Gasteiger partial charge in [0.05, 0.1) is 0 Å². The number of nitrogen functional groups attached to an aromatic ring is 1. The fourth-order valence-corrected chi connectivity index (χ4v) is 2.21. The second kappa shape index (κ2) is 6.52. The zero-order chi connectivity index (χ0) is 13.7. The first-order valence-electron chi connectivity index (χ1n) is 6.81. The predicted octanol–water partition coefficient (Wildman–Crippen LogP) is 1.38. The largest absolute Gasteiger partial charge is 0.384 e. The van der Waals surface area contributed by atoms with Crippen LogP contribution in [0.3, 0.4) is 0 Å². The van der Waals surface area contributed by atoms with E-state index in [-0.39, 0.29) is 5.91 Å². The summed E-state index contributed by atoms with van der Waals surface area (Å²) >= 11 is 0. The van der Waals surface area contributed by atoms with Crippen LogP contribution < -0.4 is 11.1 Å². The predicted molar refractivity (Wildman–Crippen MR) is 73.9 cm³/mol. The Labute approximate surface area is 113 Å². The van der Waals surface area contributed by atoms with Crippen LogP contribution in [0, 0.1) is 5.92 Å². The Balaban J connectivity index is 1.93. The lowest BCUT2D eigenvalue weighted by molar-refractivity contribution is 0.0642. The van der Waals surface area contributed by atoms with Gasteiger partial charge in [-0.25, -0.2) is 4.98 Å². The van der Waals surface area contributed by atoms with Gasteiger partial charge in [-0.3, -0.25) is 4.79 Å². The van der Waals surface area contributed by atoms with Crippen molar-refractivity contribution in [2.75, 3.05) is 25.5 Å². The third-order valence-corrected chi connectivity index (χ3v) is 3.41. The van der Waals surface area contributed by atoms with Crippen LogP contribution in [0.2, 0.25) is 0 Å². The number of hydrogen-bond acceptors (Lipinski definition) is 4. The minimum absolute atomic E-state index is 0.0738. The van der Waals surface area contributed by atoms with E-state index in [0.717, 1.165) is 38.2 Å². The van der Waals surface area contributed by atoms with Gasteiger partial charge >= 0.3 is 0 Å². The van der Waals surface area contributed by atoms with Gasteiger partial charge in [-0.05, 0) is 37.3 Å². The maximum absolute atomic E-state index is 12.1. The molecule has 1 saturated heterocycles. The Morgan fingerprint density at radius 1 is 1.47 bits per heavy atom. The van der Waals surface area contributed by atoms with E-state index in [9.17, 15) is 4.79 Å².